The lowest BCUT2D eigenvalue weighted by molar-refractivity contribution is 0.0529. The Bertz CT molecular complexity index is 1270. The van der Waals surface area contributed by atoms with Crippen molar-refractivity contribution in [2.75, 3.05) is 6.61 Å². The van der Waals surface area contributed by atoms with Gasteiger partial charge in [-0.25, -0.2) is 4.79 Å². The molecule has 0 spiro atoms. The Hall–Kier alpha value is -3.86. The Morgan fingerprint density at radius 1 is 0.970 bits per heavy atom. The van der Waals surface area contributed by atoms with E-state index in [-0.39, 0.29) is 6.61 Å². The highest BCUT2D eigenvalue weighted by atomic mass is 16.5. The summed E-state index contributed by atoms with van der Waals surface area (Å²) in [7, 11) is 0. The smallest absolute Gasteiger partial charge is 0.340 e. The molecule has 2 aromatic carbocycles. The molecule has 0 amide bonds. The van der Waals surface area contributed by atoms with Crippen LogP contribution in [0.15, 0.2) is 72.9 Å². The number of aromatic nitrogens is 1. The van der Waals surface area contributed by atoms with Crippen LogP contribution in [0.4, 0.5) is 0 Å². The second kappa shape index (κ2) is 10.2. The highest BCUT2D eigenvalue weighted by Gasteiger charge is 2.27. The number of fused-ring (bicyclic) bond motifs is 1. The van der Waals surface area contributed by atoms with E-state index in [4.69, 9.17) is 9.47 Å². The fourth-order valence-corrected chi connectivity index (χ4v) is 4.11. The summed E-state index contributed by atoms with van der Waals surface area (Å²) < 4.78 is 13.4. The van der Waals surface area contributed by atoms with Gasteiger partial charge in [-0.05, 0) is 48.7 Å². The zero-order valence-corrected chi connectivity index (χ0v) is 18.9. The fraction of sp³-hybridized carbons (Fsp3) is 0.214. The van der Waals surface area contributed by atoms with Crippen molar-refractivity contribution in [1.82, 2.24) is 4.40 Å². The Labute approximate surface area is 193 Å². The highest BCUT2D eigenvalue weighted by Crippen LogP contribution is 2.39. The molecule has 5 nitrogen and oxygen atoms in total. The van der Waals surface area contributed by atoms with Crippen LogP contribution in [0.3, 0.4) is 0 Å². The molecule has 0 aliphatic carbocycles. The normalized spacial score (nSPS) is 10.8. The SMILES string of the molecule is CCCc1ccc(OCc2ccccc2)c(-c2c(C(=O)OCC)c3ccccn3c2C=O)c1. The van der Waals surface area contributed by atoms with E-state index in [0.29, 0.717) is 40.3 Å². The molecular formula is C28H27NO4. The van der Waals surface area contributed by atoms with Crippen molar-refractivity contribution in [3.63, 3.8) is 0 Å². The molecule has 0 N–H and O–H groups in total. The second-order valence-electron chi connectivity index (χ2n) is 7.78. The van der Waals surface area contributed by atoms with E-state index in [2.05, 4.69) is 6.92 Å². The average molecular weight is 442 g/mol. The van der Waals surface area contributed by atoms with Gasteiger partial charge < -0.3 is 13.9 Å². The van der Waals surface area contributed by atoms with Gasteiger partial charge in [0.2, 0.25) is 0 Å². The molecule has 4 rings (SSSR count). The predicted octanol–water partition coefficient (Wildman–Crippen LogP) is 6.13. The molecule has 0 saturated carbocycles. The first kappa shape index (κ1) is 22.3. The van der Waals surface area contributed by atoms with Gasteiger partial charge in [0.15, 0.2) is 6.29 Å². The zero-order valence-electron chi connectivity index (χ0n) is 18.9. The Morgan fingerprint density at radius 2 is 1.76 bits per heavy atom. The number of ether oxygens (including phenoxy) is 2. The van der Waals surface area contributed by atoms with Crippen LogP contribution in [0.25, 0.3) is 16.6 Å². The Balaban J connectivity index is 1.93. The minimum atomic E-state index is -0.459. The lowest BCUT2D eigenvalue weighted by atomic mass is 9.96. The largest absolute Gasteiger partial charge is 0.488 e. The van der Waals surface area contributed by atoms with E-state index < -0.39 is 5.97 Å². The summed E-state index contributed by atoms with van der Waals surface area (Å²) >= 11 is 0. The molecule has 5 heteroatoms. The topological polar surface area (TPSA) is 57.0 Å². The van der Waals surface area contributed by atoms with Crippen molar-refractivity contribution in [3.05, 3.63) is 95.3 Å². The molecule has 0 aliphatic rings. The summed E-state index contributed by atoms with van der Waals surface area (Å²) in [5.74, 6) is 0.155. The number of hydrogen-bond donors (Lipinski definition) is 0. The number of aryl methyl sites for hydroxylation is 1. The van der Waals surface area contributed by atoms with Crippen LogP contribution in [-0.4, -0.2) is 23.3 Å². The van der Waals surface area contributed by atoms with Gasteiger partial charge in [-0.15, -0.1) is 0 Å². The van der Waals surface area contributed by atoms with Crippen molar-refractivity contribution in [2.45, 2.75) is 33.3 Å². The van der Waals surface area contributed by atoms with E-state index >= 15 is 0 Å². The molecule has 4 aromatic rings. The molecule has 33 heavy (non-hydrogen) atoms. The number of nitrogens with zero attached hydrogens (tertiary/aromatic N) is 1. The van der Waals surface area contributed by atoms with Crippen LogP contribution < -0.4 is 4.74 Å². The summed E-state index contributed by atoms with van der Waals surface area (Å²) in [6, 6.07) is 21.4. The number of benzene rings is 2. The van der Waals surface area contributed by atoms with Gasteiger partial charge in [0.1, 0.15) is 12.4 Å². The molecule has 0 radical (unpaired) electrons. The van der Waals surface area contributed by atoms with E-state index in [1.165, 1.54) is 0 Å². The van der Waals surface area contributed by atoms with Crippen molar-refractivity contribution in [1.29, 1.82) is 0 Å². The Morgan fingerprint density at radius 3 is 2.48 bits per heavy atom. The van der Waals surface area contributed by atoms with Crippen LogP contribution >= 0.6 is 0 Å². The van der Waals surface area contributed by atoms with Crippen LogP contribution in [0.1, 0.15) is 52.2 Å². The standard InChI is InChI=1S/C28H27NO4/c1-3-10-20-14-15-25(33-19-21-11-6-5-7-12-21)22(17-20)26-24(18-30)29-16-9-8-13-23(29)27(26)28(31)32-4-2/h5-9,11-18H,3-4,10,19H2,1-2H3. The zero-order chi connectivity index (χ0) is 23.2. The van der Waals surface area contributed by atoms with Gasteiger partial charge in [0.05, 0.1) is 23.4 Å². The fourth-order valence-electron chi connectivity index (χ4n) is 4.11. The maximum Gasteiger partial charge on any atom is 0.340 e. The lowest BCUT2D eigenvalue weighted by Gasteiger charge is -2.15. The van der Waals surface area contributed by atoms with Crippen molar-refractivity contribution < 1.29 is 19.1 Å². The van der Waals surface area contributed by atoms with E-state index in [0.717, 1.165) is 30.3 Å². The van der Waals surface area contributed by atoms with Crippen LogP contribution in [0.2, 0.25) is 0 Å². The molecule has 2 aromatic heterocycles. The third-order valence-corrected chi connectivity index (χ3v) is 5.56. The maximum atomic E-state index is 13.1. The van der Waals surface area contributed by atoms with Crippen molar-refractivity contribution in [2.24, 2.45) is 0 Å². The number of aldehydes is 1. The molecule has 2 heterocycles. The Kier molecular flexibility index (Phi) is 6.89. The molecule has 0 saturated heterocycles. The number of rotatable bonds is 9. The predicted molar refractivity (Wildman–Crippen MR) is 129 cm³/mol. The molecule has 0 atom stereocenters. The molecule has 0 fully saturated rings. The highest BCUT2D eigenvalue weighted by molar-refractivity contribution is 6.09. The molecule has 168 valence electrons. The molecule has 0 bridgehead atoms. The molecule has 0 aliphatic heterocycles. The summed E-state index contributed by atoms with van der Waals surface area (Å²) in [5, 5.41) is 0. The van der Waals surface area contributed by atoms with Gasteiger partial charge in [-0.2, -0.15) is 0 Å². The van der Waals surface area contributed by atoms with Crippen molar-refractivity contribution in [3.8, 4) is 16.9 Å². The maximum absolute atomic E-state index is 13.1. The monoisotopic (exact) mass is 441 g/mol. The van der Waals surface area contributed by atoms with Gasteiger partial charge in [0, 0.05) is 17.3 Å². The molecular weight excluding hydrogens is 414 g/mol. The van der Waals surface area contributed by atoms with Gasteiger partial charge in [0.25, 0.3) is 0 Å². The van der Waals surface area contributed by atoms with E-state index in [9.17, 15) is 9.59 Å². The van der Waals surface area contributed by atoms with E-state index in [1.54, 1.807) is 17.5 Å². The summed E-state index contributed by atoms with van der Waals surface area (Å²) in [6.07, 6.45) is 4.43. The van der Waals surface area contributed by atoms with Gasteiger partial charge in [-0.1, -0.05) is 55.8 Å². The third-order valence-electron chi connectivity index (χ3n) is 5.56. The van der Waals surface area contributed by atoms with Gasteiger partial charge >= 0.3 is 5.97 Å². The summed E-state index contributed by atoms with van der Waals surface area (Å²) in [5.41, 5.74) is 4.79. The summed E-state index contributed by atoms with van der Waals surface area (Å²) in [4.78, 5) is 25.4. The summed E-state index contributed by atoms with van der Waals surface area (Å²) in [6.45, 7) is 4.51. The minimum absolute atomic E-state index is 0.242. The first-order valence-electron chi connectivity index (χ1n) is 11.2. The first-order valence-corrected chi connectivity index (χ1v) is 11.2. The number of esters is 1. The van der Waals surface area contributed by atoms with Crippen LogP contribution in [-0.2, 0) is 17.8 Å². The first-order chi connectivity index (χ1) is 16.2. The third kappa shape index (κ3) is 4.53. The van der Waals surface area contributed by atoms with Crippen molar-refractivity contribution >= 4 is 17.8 Å². The van der Waals surface area contributed by atoms with E-state index in [1.807, 2.05) is 66.7 Å². The van der Waals surface area contributed by atoms with Gasteiger partial charge in [-0.3, -0.25) is 4.79 Å². The number of pyridine rings is 1. The lowest BCUT2D eigenvalue weighted by Crippen LogP contribution is -2.07. The number of carbonyl (C=O) groups excluding carboxylic acids is 2. The van der Waals surface area contributed by atoms with Crippen LogP contribution in [0.5, 0.6) is 5.75 Å². The molecule has 0 unspecified atom stereocenters. The minimum Gasteiger partial charge on any atom is -0.488 e. The van der Waals surface area contributed by atoms with Crippen LogP contribution in [0, 0.1) is 0 Å². The second-order valence-corrected chi connectivity index (χ2v) is 7.78. The quantitative estimate of drug-likeness (QED) is 0.232. The average Bonchev–Trinajstić information content (AvgIpc) is 3.18. The number of carbonyl (C=O) groups is 2. The number of hydrogen-bond acceptors (Lipinski definition) is 4.